The van der Waals surface area contributed by atoms with Crippen LogP contribution < -0.4 is 9.47 Å². The first-order chi connectivity index (χ1) is 15.1. The Morgan fingerprint density at radius 3 is 2.26 bits per heavy atom. The van der Waals surface area contributed by atoms with Gasteiger partial charge in [0.15, 0.2) is 11.5 Å². The lowest BCUT2D eigenvalue weighted by molar-refractivity contribution is 0.0628. The van der Waals surface area contributed by atoms with Gasteiger partial charge in [-0.2, -0.15) is 5.10 Å². The Balaban J connectivity index is 1.34. The molecule has 1 amide bonds. The molecule has 0 spiro atoms. The minimum atomic E-state index is 0.0782. The number of aromatic nitrogens is 2. The smallest absolute Gasteiger partial charge is 0.253 e. The fraction of sp³-hybridized carbons (Fsp3) is 0.333. The van der Waals surface area contributed by atoms with E-state index in [1.165, 1.54) is 5.56 Å². The average molecular weight is 421 g/mol. The first kappa shape index (κ1) is 20.9. The Kier molecular flexibility index (Phi) is 6.23. The van der Waals surface area contributed by atoms with Crippen molar-refractivity contribution >= 4 is 5.91 Å². The van der Waals surface area contributed by atoms with Gasteiger partial charge in [-0.3, -0.25) is 9.69 Å². The van der Waals surface area contributed by atoms with Crippen molar-refractivity contribution in [2.45, 2.75) is 13.5 Å². The van der Waals surface area contributed by atoms with E-state index in [0.717, 1.165) is 42.5 Å². The fourth-order valence-corrected chi connectivity index (χ4v) is 3.91. The minimum absolute atomic E-state index is 0.0782. The highest BCUT2D eigenvalue weighted by Crippen LogP contribution is 2.28. The van der Waals surface area contributed by atoms with Crippen molar-refractivity contribution < 1.29 is 14.3 Å². The van der Waals surface area contributed by atoms with Crippen LogP contribution in [0.5, 0.6) is 11.5 Å². The van der Waals surface area contributed by atoms with Crippen LogP contribution in [0.2, 0.25) is 0 Å². The van der Waals surface area contributed by atoms with Gasteiger partial charge in [0, 0.05) is 50.2 Å². The van der Waals surface area contributed by atoms with Gasteiger partial charge < -0.3 is 14.4 Å². The lowest BCUT2D eigenvalue weighted by Gasteiger charge is -2.35. The predicted molar refractivity (Wildman–Crippen MR) is 119 cm³/mol. The van der Waals surface area contributed by atoms with Gasteiger partial charge in [0.25, 0.3) is 5.91 Å². The summed E-state index contributed by atoms with van der Waals surface area (Å²) < 4.78 is 12.6. The number of benzene rings is 2. The average Bonchev–Trinajstić information content (AvgIpc) is 3.25. The summed E-state index contributed by atoms with van der Waals surface area (Å²) in [5.74, 6) is 1.55. The number of hydrogen-bond donors (Lipinski definition) is 0. The van der Waals surface area contributed by atoms with Gasteiger partial charge in [-0.1, -0.05) is 6.07 Å². The van der Waals surface area contributed by atoms with E-state index in [9.17, 15) is 4.79 Å². The number of methoxy groups -OCH3 is 2. The maximum absolute atomic E-state index is 12.9. The molecular formula is C24H28N4O3. The van der Waals surface area contributed by atoms with Crippen LogP contribution in [-0.2, 0) is 6.54 Å². The van der Waals surface area contributed by atoms with E-state index in [2.05, 4.69) is 16.1 Å². The Hall–Kier alpha value is -3.32. The van der Waals surface area contributed by atoms with Crippen molar-refractivity contribution in [3.05, 3.63) is 71.5 Å². The fourth-order valence-electron chi connectivity index (χ4n) is 3.91. The summed E-state index contributed by atoms with van der Waals surface area (Å²) >= 11 is 0. The zero-order chi connectivity index (χ0) is 21.8. The topological polar surface area (TPSA) is 59.8 Å². The Labute approximate surface area is 182 Å². The van der Waals surface area contributed by atoms with Gasteiger partial charge in [-0.25, -0.2) is 4.68 Å². The van der Waals surface area contributed by atoms with E-state index in [0.29, 0.717) is 18.7 Å². The lowest BCUT2D eigenvalue weighted by Crippen LogP contribution is -2.48. The first-order valence-corrected chi connectivity index (χ1v) is 10.4. The number of carbonyl (C=O) groups is 1. The molecule has 1 aromatic heterocycles. The summed E-state index contributed by atoms with van der Waals surface area (Å²) in [4.78, 5) is 17.2. The predicted octanol–water partition coefficient (Wildman–Crippen LogP) is 3.16. The molecule has 0 atom stereocenters. The molecule has 0 radical (unpaired) electrons. The quantitative estimate of drug-likeness (QED) is 0.613. The summed E-state index contributed by atoms with van der Waals surface area (Å²) in [6, 6.07) is 15.6. The largest absolute Gasteiger partial charge is 0.493 e. The van der Waals surface area contributed by atoms with Gasteiger partial charge in [0.05, 0.1) is 19.9 Å². The lowest BCUT2D eigenvalue weighted by atomic mass is 10.1. The molecule has 2 aromatic carbocycles. The normalized spacial score (nSPS) is 14.5. The van der Waals surface area contributed by atoms with E-state index in [1.807, 2.05) is 59.0 Å². The molecule has 7 nitrogen and oxygen atoms in total. The Morgan fingerprint density at radius 2 is 1.65 bits per heavy atom. The second-order valence-electron chi connectivity index (χ2n) is 7.69. The monoisotopic (exact) mass is 420 g/mol. The second-order valence-corrected chi connectivity index (χ2v) is 7.69. The van der Waals surface area contributed by atoms with Crippen LogP contribution >= 0.6 is 0 Å². The third kappa shape index (κ3) is 4.56. The molecule has 4 rings (SSSR count). The van der Waals surface area contributed by atoms with E-state index in [1.54, 1.807) is 20.4 Å². The third-order valence-corrected chi connectivity index (χ3v) is 5.70. The SMILES string of the molecule is COc1ccc(CN2CCN(C(=O)c3ccc(-n4nccc4C)cc3)CC2)cc1OC. The highest BCUT2D eigenvalue weighted by Gasteiger charge is 2.22. The van der Waals surface area contributed by atoms with Crippen molar-refractivity contribution in [3.63, 3.8) is 0 Å². The summed E-state index contributed by atoms with van der Waals surface area (Å²) in [7, 11) is 3.29. The van der Waals surface area contributed by atoms with E-state index < -0.39 is 0 Å². The van der Waals surface area contributed by atoms with Crippen LogP contribution in [0.1, 0.15) is 21.6 Å². The zero-order valence-corrected chi connectivity index (χ0v) is 18.2. The van der Waals surface area contributed by atoms with Crippen LogP contribution in [0.3, 0.4) is 0 Å². The molecule has 0 unspecified atom stereocenters. The summed E-state index contributed by atoms with van der Waals surface area (Å²) in [5.41, 5.74) is 3.90. The molecular weight excluding hydrogens is 392 g/mol. The van der Waals surface area contributed by atoms with Crippen molar-refractivity contribution in [2.75, 3.05) is 40.4 Å². The van der Waals surface area contributed by atoms with Gasteiger partial charge in [-0.15, -0.1) is 0 Å². The Bertz CT molecular complexity index is 1040. The standard InChI is InChI=1S/C24H28N4O3/c1-18-10-11-25-28(18)21-7-5-20(6-8-21)24(29)27-14-12-26(13-15-27)17-19-4-9-22(30-2)23(16-19)31-3/h4-11,16H,12-15,17H2,1-3H3. The number of nitrogens with zero attached hydrogens (tertiary/aromatic N) is 4. The number of piperazine rings is 1. The molecule has 3 aromatic rings. The first-order valence-electron chi connectivity index (χ1n) is 10.4. The molecule has 2 heterocycles. The minimum Gasteiger partial charge on any atom is -0.493 e. The molecule has 1 saturated heterocycles. The summed E-state index contributed by atoms with van der Waals surface area (Å²) in [5, 5.41) is 4.31. The number of carbonyl (C=O) groups excluding carboxylic acids is 1. The van der Waals surface area contributed by atoms with Crippen molar-refractivity contribution in [3.8, 4) is 17.2 Å². The second kappa shape index (κ2) is 9.22. The molecule has 0 N–H and O–H groups in total. The molecule has 31 heavy (non-hydrogen) atoms. The van der Waals surface area contributed by atoms with Crippen LogP contribution in [0.4, 0.5) is 0 Å². The molecule has 162 valence electrons. The van der Waals surface area contributed by atoms with Crippen LogP contribution in [0, 0.1) is 6.92 Å². The number of hydrogen-bond acceptors (Lipinski definition) is 5. The van der Waals surface area contributed by atoms with Gasteiger partial charge >= 0.3 is 0 Å². The van der Waals surface area contributed by atoms with Crippen LogP contribution in [0.25, 0.3) is 5.69 Å². The maximum atomic E-state index is 12.9. The number of aryl methyl sites for hydroxylation is 1. The van der Waals surface area contributed by atoms with Crippen molar-refractivity contribution in [1.82, 2.24) is 19.6 Å². The zero-order valence-electron chi connectivity index (χ0n) is 18.2. The van der Waals surface area contributed by atoms with Gasteiger partial charge in [0.1, 0.15) is 0 Å². The van der Waals surface area contributed by atoms with E-state index in [4.69, 9.17) is 9.47 Å². The summed E-state index contributed by atoms with van der Waals surface area (Å²) in [6.45, 7) is 5.93. The van der Waals surface area contributed by atoms with Gasteiger partial charge in [0.2, 0.25) is 0 Å². The molecule has 0 aliphatic carbocycles. The number of ether oxygens (including phenoxy) is 2. The van der Waals surface area contributed by atoms with Crippen LogP contribution in [0.15, 0.2) is 54.7 Å². The van der Waals surface area contributed by atoms with Crippen LogP contribution in [-0.4, -0.2) is 65.9 Å². The molecule has 0 saturated carbocycles. The van der Waals surface area contributed by atoms with Crippen molar-refractivity contribution in [2.24, 2.45) is 0 Å². The summed E-state index contributed by atoms with van der Waals surface area (Å²) in [6.07, 6.45) is 1.77. The van der Waals surface area contributed by atoms with E-state index in [-0.39, 0.29) is 5.91 Å². The highest BCUT2D eigenvalue weighted by atomic mass is 16.5. The maximum Gasteiger partial charge on any atom is 0.253 e. The molecule has 1 aliphatic heterocycles. The Morgan fingerprint density at radius 1 is 0.935 bits per heavy atom. The molecule has 1 aliphatic rings. The van der Waals surface area contributed by atoms with Gasteiger partial charge in [-0.05, 0) is 55.0 Å². The molecule has 1 fully saturated rings. The number of amides is 1. The molecule has 0 bridgehead atoms. The molecule has 7 heteroatoms. The number of rotatable bonds is 6. The van der Waals surface area contributed by atoms with Crippen molar-refractivity contribution in [1.29, 1.82) is 0 Å². The highest BCUT2D eigenvalue weighted by molar-refractivity contribution is 5.94. The third-order valence-electron chi connectivity index (χ3n) is 5.70. The van der Waals surface area contributed by atoms with E-state index >= 15 is 0 Å².